The van der Waals surface area contributed by atoms with E-state index in [4.69, 9.17) is 14.2 Å². The van der Waals surface area contributed by atoms with Crippen LogP contribution in [0.15, 0.2) is 0 Å². The number of methoxy groups -OCH3 is 1. The molecule has 1 fully saturated rings. The van der Waals surface area contributed by atoms with E-state index in [2.05, 4.69) is 10.6 Å². The Balaban J connectivity index is 2.20. The quantitative estimate of drug-likeness (QED) is 0.0719. The zero-order chi connectivity index (χ0) is 29.9. The first-order chi connectivity index (χ1) is 19.2. The van der Waals surface area contributed by atoms with Gasteiger partial charge in [0, 0.05) is 46.6 Å². The maximum atomic E-state index is 12.5. The molecule has 0 spiro atoms. The van der Waals surface area contributed by atoms with Gasteiger partial charge in [0.1, 0.15) is 12.1 Å². The number of unbranched alkanes of at least 4 members (excludes halogenated alkanes) is 4. The molecule has 0 radical (unpaired) electrons. The van der Waals surface area contributed by atoms with E-state index in [0.717, 1.165) is 19.3 Å². The molecule has 1 heterocycles. The summed E-state index contributed by atoms with van der Waals surface area (Å²) in [6.07, 6.45) is 2.73. The van der Waals surface area contributed by atoms with E-state index < -0.39 is 37.8 Å². The molecule has 13 nitrogen and oxygen atoms in total. The number of nitrogens with one attached hydrogen (secondary N) is 2. The van der Waals surface area contributed by atoms with Gasteiger partial charge in [0.2, 0.25) is 17.7 Å². The number of carbonyl (C=O) groups excluding carboxylic acids is 3. The topological polar surface area (TPSA) is 187 Å². The molecule has 0 aliphatic carbocycles. The van der Waals surface area contributed by atoms with Gasteiger partial charge in [0.05, 0.1) is 38.1 Å². The molecule has 40 heavy (non-hydrogen) atoms. The second-order valence-corrected chi connectivity index (χ2v) is 10.3. The summed E-state index contributed by atoms with van der Waals surface area (Å²) in [4.78, 5) is 37.7. The fourth-order valence-corrected chi connectivity index (χ4v) is 4.52. The van der Waals surface area contributed by atoms with E-state index >= 15 is 0 Å². The summed E-state index contributed by atoms with van der Waals surface area (Å²) in [5.74, 6) is -0.393. The molecule has 3 amide bonds. The normalized spacial score (nSPS) is 20.1. The van der Waals surface area contributed by atoms with Gasteiger partial charge in [-0.2, -0.15) is 0 Å². The molecular formula is C27H51N3O10. The fraction of sp³-hybridized carbons (Fsp3) is 0.889. The van der Waals surface area contributed by atoms with Gasteiger partial charge < -0.3 is 50.2 Å². The summed E-state index contributed by atoms with van der Waals surface area (Å²) in [5, 5.41) is 43.7. The minimum absolute atomic E-state index is 0.0242. The van der Waals surface area contributed by atoms with Crippen molar-refractivity contribution in [1.82, 2.24) is 15.5 Å². The van der Waals surface area contributed by atoms with Crippen LogP contribution in [0.3, 0.4) is 0 Å². The van der Waals surface area contributed by atoms with Crippen LogP contribution in [-0.4, -0.2) is 126 Å². The standard InChI is InChI=1S/C27H51N3O10/c1-19(34)24(18-33)40-27(23(17-32)29-20(2)35)39-13-9-5-6-10-25(36)28-12-8-4-7-11-26(37)30-15-22(38-3)14-21(30)16-31/h19,21-24,27,31-34H,4-18H2,1-3H3,(H,28,36)(H,29,35)/t19-,21+,22-,23+,24?,27?/m1/s1. The van der Waals surface area contributed by atoms with Crippen molar-refractivity contribution in [3.05, 3.63) is 0 Å². The molecule has 1 saturated heterocycles. The minimum atomic E-state index is -1.06. The highest BCUT2D eigenvalue weighted by Crippen LogP contribution is 2.21. The lowest BCUT2D eigenvalue weighted by Gasteiger charge is -2.30. The predicted molar refractivity (Wildman–Crippen MR) is 146 cm³/mol. The lowest BCUT2D eigenvalue weighted by molar-refractivity contribution is -0.214. The van der Waals surface area contributed by atoms with Crippen molar-refractivity contribution in [2.75, 3.05) is 46.6 Å². The molecule has 1 rings (SSSR count). The van der Waals surface area contributed by atoms with E-state index in [-0.39, 0.29) is 43.1 Å². The number of likely N-dealkylation sites (tertiary alicyclic amines) is 1. The van der Waals surface area contributed by atoms with Crippen molar-refractivity contribution in [2.24, 2.45) is 0 Å². The highest BCUT2D eigenvalue weighted by atomic mass is 16.7. The van der Waals surface area contributed by atoms with Crippen molar-refractivity contribution in [2.45, 2.75) is 108 Å². The number of ether oxygens (including phenoxy) is 3. The van der Waals surface area contributed by atoms with Crippen LogP contribution in [0.2, 0.25) is 0 Å². The van der Waals surface area contributed by atoms with Crippen LogP contribution in [0.1, 0.15) is 71.6 Å². The molecule has 1 aliphatic rings. The SMILES string of the molecule is CO[C@@H]1C[C@@H](CO)N(C(=O)CCCCCNC(=O)CCCCCOC(OC(CO)[C@@H](C)O)[C@H](CO)NC(C)=O)C1. The average Bonchev–Trinajstić information content (AvgIpc) is 3.36. The number of aliphatic hydroxyl groups is 4. The zero-order valence-corrected chi connectivity index (χ0v) is 24.3. The predicted octanol–water partition coefficient (Wildman–Crippen LogP) is -0.570. The van der Waals surface area contributed by atoms with Crippen LogP contribution in [0, 0.1) is 0 Å². The van der Waals surface area contributed by atoms with E-state index in [9.17, 15) is 34.8 Å². The van der Waals surface area contributed by atoms with Gasteiger partial charge in [-0.15, -0.1) is 0 Å². The summed E-state index contributed by atoms with van der Waals surface area (Å²) in [6, 6.07) is -1.04. The van der Waals surface area contributed by atoms with Crippen LogP contribution in [0.25, 0.3) is 0 Å². The van der Waals surface area contributed by atoms with E-state index in [1.165, 1.54) is 13.8 Å². The molecule has 13 heteroatoms. The number of amides is 3. The zero-order valence-electron chi connectivity index (χ0n) is 24.3. The van der Waals surface area contributed by atoms with Gasteiger partial charge in [-0.05, 0) is 39.0 Å². The molecule has 6 N–H and O–H groups in total. The highest BCUT2D eigenvalue weighted by molar-refractivity contribution is 5.77. The Hall–Kier alpha value is -1.87. The Morgan fingerprint density at radius 2 is 1.70 bits per heavy atom. The van der Waals surface area contributed by atoms with Gasteiger partial charge >= 0.3 is 0 Å². The van der Waals surface area contributed by atoms with Gasteiger partial charge in [-0.1, -0.05) is 12.8 Å². The van der Waals surface area contributed by atoms with Crippen molar-refractivity contribution in [3.8, 4) is 0 Å². The van der Waals surface area contributed by atoms with Crippen LogP contribution in [0.4, 0.5) is 0 Å². The summed E-state index contributed by atoms with van der Waals surface area (Å²) >= 11 is 0. The molecular weight excluding hydrogens is 526 g/mol. The molecule has 1 aliphatic heterocycles. The van der Waals surface area contributed by atoms with Gasteiger partial charge in [0.15, 0.2) is 6.29 Å². The average molecular weight is 578 g/mol. The first-order valence-electron chi connectivity index (χ1n) is 14.3. The van der Waals surface area contributed by atoms with Crippen LogP contribution in [-0.2, 0) is 28.6 Å². The second kappa shape index (κ2) is 20.9. The second-order valence-electron chi connectivity index (χ2n) is 10.3. The molecule has 0 saturated carbocycles. The molecule has 0 bridgehead atoms. The molecule has 0 aromatic carbocycles. The maximum absolute atomic E-state index is 12.5. The molecule has 6 atom stereocenters. The Morgan fingerprint density at radius 1 is 1.00 bits per heavy atom. The number of aliphatic hydroxyl groups excluding tert-OH is 4. The first kappa shape index (κ1) is 36.2. The summed E-state index contributed by atoms with van der Waals surface area (Å²) in [7, 11) is 1.61. The number of hydrogen-bond donors (Lipinski definition) is 6. The largest absolute Gasteiger partial charge is 0.394 e. The number of nitrogens with zero attached hydrogens (tertiary/aromatic N) is 1. The number of hydrogen-bond acceptors (Lipinski definition) is 10. The van der Waals surface area contributed by atoms with Crippen molar-refractivity contribution in [3.63, 3.8) is 0 Å². The van der Waals surface area contributed by atoms with Gasteiger partial charge in [0.25, 0.3) is 0 Å². The number of carbonyl (C=O) groups is 3. The highest BCUT2D eigenvalue weighted by Gasteiger charge is 2.34. The summed E-state index contributed by atoms with van der Waals surface area (Å²) in [5.41, 5.74) is 0. The Bertz CT molecular complexity index is 727. The van der Waals surface area contributed by atoms with Crippen molar-refractivity contribution in [1.29, 1.82) is 0 Å². The van der Waals surface area contributed by atoms with Crippen LogP contribution < -0.4 is 10.6 Å². The first-order valence-corrected chi connectivity index (χ1v) is 14.3. The van der Waals surface area contributed by atoms with Gasteiger partial charge in [-0.25, -0.2) is 0 Å². The van der Waals surface area contributed by atoms with Gasteiger partial charge in [-0.3, -0.25) is 14.4 Å². The number of rotatable bonds is 22. The molecule has 234 valence electrons. The lowest BCUT2D eigenvalue weighted by atomic mass is 10.1. The summed E-state index contributed by atoms with van der Waals surface area (Å²) in [6.45, 7) is 3.09. The van der Waals surface area contributed by atoms with Crippen molar-refractivity contribution >= 4 is 17.7 Å². The lowest BCUT2D eigenvalue weighted by Crippen LogP contribution is -2.50. The van der Waals surface area contributed by atoms with Crippen LogP contribution in [0.5, 0.6) is 0 Å². The smallest absolute Gasteiger partial charge is 0.222 e. The Kier molecular flexibility index (Phi) is 18.9. The third kappa shape index (κ3) is 14.2. The molecule has 0 aromatic heterocycles. The Labute approximate surface area is 237 Å². The Morgan fingerprint density at radius 3 is 2.30 bits per heavy atom. The van der Waals surface area contributed by atoms with E-state index in [1.807, 2.05) is 0 Å². The molecule has 0 aromatic rings. The minimum Gasteiger partial charge on any atom is -0.394 e. The van der Waals surface area contributed by atoms with E-state index in [1.54, 1.807) is 12.0 Å². The maximum Gasteiger partial charge on any atom is 0.222 e. The monoisotopic (exact) mass is 577 g/mol. The third-order valence-corrected chi connectivity index (χ3v) is 6.90. The van der Waals surface area contributed by atoms with Crippen molar-refractivity contribution < 1.29 is 49.0 Å². The fourth-order valence-electron chi connectivity index (χ4n) is 4.52. The van der Waals surface area contributed by atoms with E-state index in [0.29, 0.717) is 51.6 Å². The third-order valence-electron chi connectivity index (χ3n) is 6.90. The molecule has 2 unspecified atom stereocenters. The summed E-state index contributed by atoms with van der Waals surface area (Å²) < 4.78 is 16.6. The van der Waals surface area contributed by atoms with Crippen LogP contribution >= 0.6 is 0 Å².